The highest BCUT2D eigenvalue weighted by Crippen LogP contribution is 2.34. The summed E-state index contributed by atoms with van der Waals surface area (Å²) >= 11 is 0. The van der Waals surface area contributed by atoms with Gasteiger partial charge in [-0.2, -0.15) is 9.67 Å². The van der Waals surface area contributed by atoms with Crippen molar-refractivity contribution < 1.29 is 9.47 Å². The molecular weight excluding hydrogens is 298 g/mol. The summed E-state index contributed by atoms with van der Waals surface area (Å²) in [6.45, 7) is 2.09. The van der Waals surface area contributed by atoms with Crippen molar-refractivity contribution in [3.05, 3.63) is 36.3 Å². The van der Waals surface area contributed by atoms with Gasteiger partial charge >= 0.3 is 0 Å². The number of nitrogens with two attached hydrogens (primary N) is 1. The number of rotatable bonds is 3. The maximum absolute atomic E-state index is 5.91. The van der Waals surface area contributed by atoms with E-state index in [0.29, 0.717) is 23.3 Å². The van der Waals surface area contributed by atoms with Gasteiger partial charge in [-0.25, -0.2) is 9.97 Å². The molecule has 0 saturated carbocycles. The highest BCUT2D eigenvalue weighted by atomic mass is 16.7. The van der Waals surface area contributed by atoms with E-state index in [1.54, 1.807) is 6.07 Å². The van der Waals surface area contributed by atoms with E-state index in [1.807, 2.05) is 25.1 Å². The van der Waals surface area contributed by atoms with Crippen LogP contribution in [-0.4, -0.2) is 31.5 Å². The topological polar surface area (TPSA) is 113 Å². The second kappa shape index (κ2) is 5.13. The number of fused-ring (bicyclic) bond motifs is 1. The molecule has 3 aromatic rings. The normalized spacial score (nSPS) is 12.4. The lowest BCUT2D eigenvalue weighted by molar-refractivity contribution is 0.174. The van der Waals surface area contributed by atoms with Crippen LogP contribution in [0.3, 0.4) is 0 Å². The van der Waals surface area contributed by atoms with Crippen LogP contribution in [0.25, 0.3) is 5.82 Å². The molecule has 2 aromatic heterocycles. The van der Waals surface area contributed by atoms with Crippen molar-refractivity contribution in [2.75, 3.05) is 17.8 Å². The van der Waals surface area contributed by atoms with Gasteiger partial charge in [0.05, 0.1) is 0 Å². The van der Waals surface area contributed by atoms with Gasteiger partial charge in [-0.3, -0.25) is 0 Å². The molecule has 0 unspecified atom stereocenters. The lowest BCUT2D eigenvalue weighted by Crippen LogP contribution is -2.05. The Morgan fingerprint density at radius 3 is 2.91 bits per heavy atom. The Morgan fingerprint density at radius 2 is 2.04 bits per heavy atom. The number of hydrogen-bond acceptors (Lipinski definition) is 8. The minimum absolute atomic E-state index is 0.228. The molecule has 1 aliphatic heterocycles. The largest absolute Gasteiger partial charge is 0.454 e. The molecule has 9 heteroatoms. The van der Waals surface area contributed by atoms with Gasteiger partial charge in [0.15, 0.2) is 17.3 Å². The smallest absolute Gasteiger partial charge is 0.248 e. The van der Waals surface area contributed by atoms with Gasteiger partial charge < -0.3 is 20.5 Å². The zero-order valence-corrected chi connectivity index (χ0v) is 12.2. The van der Waals surface area contributed by atoms with E-state index in [2.05, 4.69) is 25.4 Å². The monoisotopic (exact) mass is 311 g/mol. The van der Waals surface area contributed by atoms with Crippen molar-refractivity contribution in [1.29, 1.82) is 0 Å². The molecule has 4 rings (SSSR count). The van der Waals surface area contributed by atoms with Crippen molar-refractivity contribution >= 4 is 17.6 Å². The zero-order valence-electron chi connectivity index (χ0n) is 12.2. The summed E-state index contributed by atoms with van der Waals surface area (Å²) in [6, 6.07) is 7.25. The molecule has 3 heterocycles. The molecule has 0 fully saturated rings. The quantitative estimate of drug-likeness (QED) is 0.746. The summed E-state index contributed by atoms with van der Waals surface area (Å²) in [7, 11) is 0. The molecule has 9 nitrogen and oxygen atoms in total. The number of aromatic nitrogens is 5. The van der Waals surface area contributed by atoms with Gasteiger partial charge in [0.2, 0.25) is 18.7 Å². The predicted octanol–water partition coefficient (Wildman–Crippen LogP) is 1.42. The molecule has 0 bridgehead atoms. The first-order valence-corrected chi connectivity index (χ1v) is 6.87. The van der Waals surface area contributed by atoms with E-state index in [-0.39, 0.29) is 12.7 Å². The number of ether oxygens (including phenoxy) is 2. The van der Waals surface area contributed by atoms with E-state index >= 15 is 0 Å². The molecule has 3 N–H and O–H groups in total. The third kappa shape index (κ3) is 2.48. The molecular formula is C14H13N7O2. The Morgan fingerprint density at radius 1 is 1.17 bits per heavy atom. The van der Waals surface area contributed by atoms with Gasteiger partial charge in [-0.15, -0.1) is 5.10 Å². The summed E-state index contributed by atoms with van der Waals surface area (Å²) < 4.78 is 12.1. The Balaban J connectivity index is 1.62. The molecule has 116 valence electrons. The first kappa shape index (κ1) is 13.3. The summed E-state index contributed by atoms with van der Waals surface area (Å²) in [5.41, 5.74) is 7.50. The second-order valence-corrected chi connectivity index (χ2v) is 4.92. The SMILES string of the molecule is Cc1cc(-n2nc(Nc3ccc4c(c3)OCO4)nc2N)ncn1. The number of benzene rings is 1. The van der Waals surface area contributed by atoms with E-state index in [9.17, 15) is 0 Å². The molecule has 0 radical (unpaired) electrons. The van der Waals surface area contributed by atoms with Gasteiger partial charge in [-0.05, 0) is 19.1 Å². The maximum Gasteiger partial charge on any atom is 0.248 e. The van der Waals surface area contributed by atoms with Crippen LogP contribution in [0.4, 0.5) is 17.6 Å². The van der Waals surface area contributed by atoms with E-state index < -0.39 is 0 Å². The number of nitrogens with zero attached hydrogens (tertiary/aromatic N) is 5. The van der Waals surface area contributed by atoms with E-state index in [1.165, 1.54) is 11.0 Å². The molecule has 1 aromatic carbocycles. The predicted molar refractivity (Wildman–Crippen MR) is 81.9 cm³/mol. The number of anilines is 3. The highest BCUT2D eigenvalue weighted by molar-refractivity contribution is 5.60. The van der Waals surface area contributed by atoms with Crippen LogP contribution in [-0.2, 0) is 0 Å². The molecule has 0 amide bonds. The van der Waals surface area contributed by atoms with Crippen LogP contribution in [0, 0.1) is 6.92 Å². The minimum Gasteiger partial charge on any atom is -0.454 e. The third-order valence-electron chi connectivity index (χ3n) is 3.27. The zero-order chi connectivity index (χ0) is 15.8. The third-order valence-corrected chi connectivity index (χ3v) is 3.27. The lowest BCUT2D eigenvalue weighted by atomic mass is 10.3. The van der Waals surface area contributed by atoms with Crippen molar-refractivity contribution in [3.8, 4) is 17.3 Å². The van der Waals surface area contributed by atoms with Crippen molar-refractivity contribution in [1.82, 2.24) is 24.7 Å². The van der Waals surface area contributed by atoms with Crippen LogP contribution in [0.5, 0.6) is 11.5 Å². The van der Waals surface area contributed by atoms with Gasteiger partial charge in [0, 0.05) is 23.5 Å². The van der Waals surface area contributed by atoms with Gasteiger partial charge in [0.1, 0.15) is 6.33 Å². The number of hydrogen-bond donors (Lipinski definition) is 2. The summed E-state index contributed by atoms with van der Waals surface area (Å²) in [5, 5.41) is 7.39. The first-order chi connectivity index (χ1) is 11.2. The Bertz CT molecular complexity index is 877. The molecule has 0 atom stereocenters. The van der Waals surface area contributed by atoms with Crippen molar-refractivity contribution in [2.45, 2.75) is 6.92 Å². The molecule has 1 aliphatic rings. The summed E-state index contributed by atoms with van der Waals surface area (Å²) in [4.78, 5) is 12.4. The Hall–Kier alpha value is -3.36. The number of nitrogen functional groups attached to an aromatic ring is 1. The number of nitrogens with one attached hydrogen (secondary N) is 1. The fraction of sp³-hybridized carbons (Fsp3) is 0.143. The standard InChI is InChI=1S/C14H13N7O2/c1-8-4-12(17-6-16-8)21-13(15)19-14(20-21)18-9-2-3-10-11(5-9)23-7-22-10/h2-6H,7H2,1H3,(H3,15,18,19,20). The lowest BCUT2D eigenvalue weighted by Gasteiger charge is -2.03. The number of aryl methyl sites for hydroxylation is 1. The maximum atomic E-state index is 5.91. The first-order valence-electron chi connectivity index (χ1n) is 6.87. The molecule has 23 heavy (non-hydrogen) atoms. The van der Waals surface area contributed by atoms with Crippen LogP contribution in [0.15, 0.2) is 30.6 Å². The Labute approximate surface area is 131 Å². The summed E-state index contributed by atoms with van der Waals surface area (Å²) in [5.74, 6) is 2.53. The van der Waals surface area contributed by atoms with Crippen LogP contribution in [0.1, 0.15) is 5.69 Å². The fourth-order valence-electron chi connectivity index (χ4n) is 2.21. The highest BCUT2D eigenvalue weighted by Gasteiger charge is 2.15. The molecule has 0 aliphatic carbocycles. The van der Waals surface area contributed by atoms with Gasteiger partial charge in [0.25, 0.3) is 0 Å². The van der Waals surface area contributed by atoms with Crippen LogP contribution in [0.2, 0.25) is 0 Å². The van der Waals surface area contributed by atoms with Crippen LogP contribution >= 0.6 is 0 Å². The van der Waals surface area contributed by atoms with Crippen molar-refractivity contribution in [3.63, 3.8) is 0 Å². The van der Waals surface area contributed by atoms with Crippen LogP contribution < -0.4 is 20.5 Å². The Kier molecular flexibility index (Phi) is 2.97. The van der Waals surface area contributed by atoms with Crippen molar-refractivity contribution in [2.24, 2.45) is 0 Å². The van der Waals surface area contributed by atoms with E-state index in [0.717, 1.165) is 11.4 Å². The minimum atomic E-state index is 0.228. The molecule has 0 spiro atoms. The average molecular weight is 311 g/mol. The molecule has 0 saturated heterocycles. The van der Waals surface area contributed by atoms with Gasteiger partial charge in [-0.1, -0.05) is 0 Å². The fourth-order valence-corrected chi connectivity index (χ4v) is 2.21. The van der Waals surface area contributed by atoms with E-state index in [4.69, 9.17) is 15.2 Å². The summed E-state index contributed by atoms with van der Waals surface area (Å²) in [6.07, 6.45) is 1.46. The average Bonchev–Trinajstić information content (AvgIpc) is 3.13. The second-order valence-electron chi connectivity index (χ2n) is 4.92.